The van der Waals surface area contributed by atoms with E-state index in [0.717, 1.165) is 6.20 Å². The molecule has 72 valence electrons. The normalized spacial score (nSPS) is 10.8. The van der Waals surface area contributed by atoms with Crippen LogP contribution in [-0.4, -0.2) is 4.98 Å². The van der Waals surface area contributed by atoms with Crippen molar-refractivity contribution in [3.63, 3.8) is 0 Å². The van der Waals surface area contributed by atoms with Crippen LogP contribution in [0.2, 0.25) is 0 Å². The molecule has 1 heterocycles. The van der Waals surface area contributed by atoms with Crippen molar-refractivity contribution in [2.45, 2.75) is 13.0 Å². The zero-order valence-electron chi connectivity index (χ0n) is 6.60. The van der Waals surface area contributed by atoms with E-state index in [9.17, 15) is 8.78 Å². The fourth-order valence-electron chi connectivity index (χ4n) is 0.907. The van der Waals surface area contributed by atoms with Gasteiger partial charge < -0.3 is 11.5 Å². The number of rotatable bonds is 2. The van der Waals surface area contributed by atoms with E-state index in [1.165, 1.54) is 0 Å². The summed E-state index contributed by atoms with van der Waals surface area (Å²) in [7, 11) is 0. The summed E-state index contributed by atoms with van der Waals surface area (Å²) in [6.07, 6.45) is -1.45. The number of halogens is 3. The molecule has 0 aliphatic rings. The number of nitrogens with two attached hydrogens (primary N) is 2. The van der Waals surface area contributed by atoms with Crippen LogP contribution in [0.1, 0.15) is 17.6 Å². The first kappa shape index (κ1) is 10.6. The first-order valence-electron chi connectivity index (χ1n) is 3.49. The highest BCUT2D eigenvalue weighted by molar-refractivity contribution is 14.1. The predicted molar refractivity (Wildman–Crippen MR) is 54.2 cm³/mol. The zero-order chi connectivity index (χ0) is 10.0. The van der Waals surface area contributed by atoms with Crippen molar-refractivity contribution in [2.24, 2.45) is 5.73 Å². The molecule has 0 atom stereocenters. The van der Waals surface area contributed by atoms with Gasteiger partial charge in [0.2, 0.25) is 0 Å². The summed E-state index contributed by atoms with van der Waals surface area (Å²) in [5, 5.41) is 0. The third-order valence-electron chi connectivity index (χ3n) is 1.61. The molecule has 0 unspecified atom stereocenters. The molecule has 13 heavy (non-hydrogen) atoms. The lowest BCUT2D eigenvalue weighted by atomic mass is 10.2. The van der Waals surface area contributed by atoms with Crippen LogP contribution in [0, 0.1) is 3.57 Å². The van der Waals surface area contributed by atoms with Gasteiger partial charge in [-0.05, 0) is 22.6 Å². The highest BCUT2D eigenvalue weighted by Gasteiger charge is 2.16. The first-order valence-corrected chi connectivity index (χ1v) is 4.56. The molecular formula is C7H8F2IN3. The third kappa shape index (κ3) is 2.05. The van der Waals surface area contributed by atoms with Crippen LogP contribution in [0.25, 0.3) is 0 Å². The largest absolute Gasteiger partial charge is 0.383 e. The molecule has 0 aliphatic heterocycles. The van der Waals surface area contributed by atoms with E-state index in [1.54, 1.807) is 22.6 Å². The van der Waals surface area contributed by atoms with Crippen LogP contribution < -0.4 is 11.5 Å². The van der Waals surface area contributed by atoms with Crippen LogP contribution in [0.15, 0.2) is 6.20 Å². The number of nitrogens with zero attached hydrogens (tertiary/aromatic N) is 1. The Morgan fingerprint density at radius 2 is 2.15 bits per heavy atom. The van der Waals surface area contributed by atoms with Gasteiger partial charge in [0.1, 0.15) is 5.82 Å². The monoisotopic (exact) mass is 299 g/mol. The second-order valence-electron chi connectivity index (χ2n) is 2.40. The number of hydrogen-bond acceptors (Lipinski definition) is 3. The van der Waals surface area contributed by atoms with Crippen LogP contribution in [0.3, 0.4) is 0 Å². The molecule has 0 aromatic carbocycles. The Hall–Kier alpha value is -0.500. The maximum absolute atomic E-state index is 12.3. The van der Waals surface area contributed by atoms with E-state index < -0.39 is 6.43 Å². The molecule has 1 aromatic rings. The molecule has 0 radical (unpaired) electrons. The van der Waals surface area contributed by atoms with Crippen LogP contribution in [0.4, 0.5) is 14.6 Å². The smallest absolute Gasteiger partial charge is 0.266 e. The van der Waals surface area contributed by atoms with E-state index in [-0.39, 0.29) is 17.9 Å². The van der Waals surface area contributed by atoms with Gasteiger partial charge in [-0.15, -0.1) is 0 Å². The Labute approximate surface area is 87.7 Å². The fourth-order valence-corrected chi connectivity index (χ4v) is 1.78. The summed E-state index contributed by atoms with van der Waals surface area (Å²) >= 11 is 1.80. The van der Waals surface area contributed by atoms with Gasteiger partial charge in [0.25, 0.3) is 6.43 Å². The zero-order valence-corrected chi connectivity index (χ0v) is 8.76. The summed E-state index contributed by atoms with van der Waals surface area (Å²) < 4.78 is 25.1. The SMILES string of the molecule is NCc1c(N)ncc(C(F)F)c1I. The van der Waals surface area contributed by atoms with Crippen LogP contribution in [0.5, 0.6) is 0 Å². The lowest BCUT2D eigenvalue weighted by Crippen LogP contribution is -2.08. The van der Waals surface area contributed by atoms with Gasteiger partial charge >= 0.3 is 0 Å². The Morgan fingerprint density at radius 1 is 1.54 bits per heavy atom. The highest BCUT2D eigenvalue weighted by Crippen LogP contribution is 2.28. The summed E-state index contributed by atoms with van der Waals surface area (Å²) in [6.45, 7) is 0.123. The second-order valence-corrected chi connectivity index (χ2v) is 3.47. The second kappa shape index (κ2) is 4.14. The highest BCUT2D eigenvalue weighted by atomic mass is 127. The number of pyridine rings is 1. The third-order valence-corrected chi connectivity index (χ3v) is 2.88. The minimum atomic E-state index is -2.54. The van der Waals surface area contributed by atoms with E-state index >= 15 is 0 Å². The minimum absolute atomic E-state index is 0.116. The summed E-state index contributed by atoms with van der Waals surface area (Å²) in [5.74, 6) is 0.219. The van der Waals surface area contributed by atoms with Gasteiger partial charge in [0, 0.05) is 27.4 Å². The molecule has 0 bridgehead atoms. The molecule has 0 fully saturated rings. The van der Waals surface area contributed by atoms with Gasteiger partial charge in [0.05, 0.1) is 0 Å². The van der Waals surface area contributed by atoms with Gasteiger partial charge in [-0.3, -0.25) is 0 Å². The quantitative estimate of drug-likeness (QED) is 0.816. The van der Waals surface area contributed by atoms with Crippen LogP contribution in [-0.2, 0) is 6.54 Å². The number of anilines is 1. The molecule has 0 spiro atoms. The minimum Gasteiger partial charge on any atom is -0.383 e. The van der Waals surface area contributed by atoms with E-state index in [1.807, 2.05) is 0 Å². The predicted octanol–water partition coefficient (Wildman–Crippen LogP) is 1.66. The van der Waals surface area contributed by atoms with Crippen molar-refractivity contribution in [3.05, 3.63) is 20.9 Å². The summed E-state index contributed by atoms with van der Waals surface area (Å²) in [4.78, 5) is 3.64. The van der Waals surface area contributed by atoms with E-state index in [4.69, 9.17) is 11.5 Å². The standard InChI is InChI=1S/C7H8F2IN3/c8-6(9)4-2-13-7(12)3(1-11)5(4)10/h2,6H,1,11H2,(H2,12,13). The van der Waals surface area contributed by atoms with Crippen molar-refractivity contribution in [3.8, 4) is 0 Å². The molecule has 6 heteroatoms. The van der Waals surface area contributed by atoms with Gasteiger partial charge in [0.15, 0.2) is 0 Å². The van der Waals surface area contributed by atoms with Crippen molar-refractivity contribution in [1.29, 1.82) is 0 Å². The van der Waals surface area contributed by atoms with Gasteiger partial charge in [-0.1, -0.05) is 0 Å². The Kier molecular flexibility index (Phi) is 3.37. The summed E-state index contributed by atoms with van der Waals surface area (Å²) in [5.41, 5.74) is 11.2. The average Bonchev–Trinajstić information content (AvgIpc) is 2.04. The first-order chi connectivity index (χ1) is 6.07. The molecule has 0 amide bonds. The van der Waals surface area contributed by atoms with Gasteiger partial charge in [-0.25, -0.2) is 13.8 Å². The molecule has 1 rings (SSSR count). The summed E-state index contributed by atoms with van der Waals surface area (Å²) in [6, 6.07) is 0. The fraction of sp³-hybridized carbons (Fsp3) is 0.286. The average molecular weight is 299 g/mol. The Morgan fingerprint density at radius 3 is 2.62 bits per heavy atom. The topological polar surface area (TPSA) is 64.9 Å². The maximum atomic E-state index is 12.3. The lowest BCUT2D eigenvalue weighted by Gasteiger charge is -2.09. The molecule has 0 saturated carbocycles. The van der Waals surface area contributed by atoms with Crippen molar-refractivity contribution >= 4 is 28.4 Å². The van der Waals surface area contributed by atoms with Crippen molar-refractivity contribution < 1.29 is 8.78 Å². The maximum Gasteiger partial charge on any atom is 0.266 e. The number of alkyl halides is 2. The number of hydrogen-bond donors (Lipinski definition) is 2. The Balaban J connectivity index is 3.27. The molecule has 0 aliphatic carbocycles. The molecular weight excluding hydrogens is 291 g/mol. The molecule has 3 nitrogen and oxygen atoms in total. The van der Waals surface area contributed by atoms with Crippen molar-refractivity contribution in [1.82, 2.24) is 4.98 Å². The lowest BCUT2D eigenvalue weighted by molar-refractivity contribution is 0.150. The van der Waals surface area contributed by atoms with E-state index in [0.29, 0.717) is 9.13 Å². The molecule has 4 N–H and O–H groups in total. The number of aromatic nitrogens is 1. The van der Waals surface area contributed by atoms with E-state index in [2.05, 4.69) is 4.98 Å². The Bertz CT molecular complexity index is 317. The molecule has 1 aromatic heterocycles. The van der Waals surface area contributed by atoms with Gasteiger partial charge in [-0.2, -0.15) is 0 Å². The van der Waals surface area contributed by atoms with Crippen LogP contribution >= 0.6 is 22.6 Å². The molecule has 0 saturated heterocycles. The van der Waals surface area contributed by atoms with Crippen molar-refractivity contribution in [2.75, 3.05) is 5.73 Å². The number of nitrogen functional groups attached to an aromatic ring is 1.